The molecule has 0 amide bonds. The van der Waals surface area contributed by atoms with E-state index in [1.165, 1.54) is 0 Å². The third-order valence-corrected chi connectivity index (χ3v) is 3.44. The number of carboxylic acid groups (broad SMARTS) is 1. The molecule has 0 bridgehead atoms. The topological polar surface area (TPSA) is 51.4 Å². The number of rotatable bonds is 0. The number of carboxylic acids is 1. The molecule has 3 aromatic rings. The molecule has 0 saturated heterocycles. The van der Waals surface area contributed by atoms with E-state index in [2.05, 4.69) is 28.1 Å². The maximum absolute atomic E-state index is 10.5. The summed E-state index contributed by atoms with van der Waals surface area (Å²) in [4.78, 5) is 8.78. The van der Waals surface area contributed by atoms with Crippen LogP contribution in [0.5, 0.6) is 0 Å². The van der Waals surface area contributed by atoms with Crippen molar-refractivity contribution in [1.82, 2.24) is 0 Å². The van der Waals surface area contributed by atoms with E-state index in [1.807, 2.05) is 36.4 Å². The Morgan fingerprint density at radius 2 is 1.64 bits per heavy atom. The van der Waals surface area contributed by atoms with Crippen LogP contribution in [0.4, 0.5) is 13.2 Å². The number of carbonyl (C=O) groups excluding carboxylic acids is 1. The Morgan fingerprint density at radius 1 is 1.05 bits per heavy atom. The third-order valence-electron chi connectivity index (χ3n) is 2.70. The number of benzene rings is 2. The zero-order valence-electron chi connectivity index (χ0n) is 10.9. The molecule has 0 aliphatic carbocycles. The summed E-state index contributed by atoms with van der Waals surface area (Å²) in [6, 6.07) is 16.2. The fourth-order valence-electron chi connectivity index (χ4n) is 1.72. The Morgan fingerprint density at radius 3 is 2.27 bits per heavy atom. The second-order valence-corrected chi connectivity index (χ2v) is 5.16. The van der Waals surface area contributed by atoms with E-state index in [-0.39, 0.29) is 0 Å². The van der Waals surface area contributed by atoms with Crippen molar-refractivity contribution in [2.24, 2.45) is 0 Å². The molecule has 0 fully saturated rings. The molecule has 2 aromatic carbocycles. The molecular weight excluding hydrogens is 364 g/mol. The average Bonchev–Trinajstić information content (AvgIpc) is 2.45. The Kier molecular flexibility index (Phi) is 4.68. The first-order chi connectivity index (χ1) is 10.3. The molecule has 3 nitrogen and oxygen atoms in total. The molecule has 1 radical (unpaired) electrons. The zero-order valence-corrected chi connectivity index (χ0v) is 12.6. The minimum atomic E-state index is -5.19. The minimum absolute atomic E-state index is 0.921. The van der Waals surface area contributed by atoms with Gasteiger partial charge in [-0.05, 0) is 0 Å². The van der Waals surface area contributed by atoms with Crippen LogP contribution in [-0.4, -0.2) is 28.2 Å². The normalized spacial score (nSPS) is 11.0. The summed E-state index contributed by atoms with van der Waals surface area (Å²) in [6.45, 7) is 0. The van der Waals surface area contributed by atoms with Crippen molar-refractivity contribution in [2.75, 3.05) is 0 Å². The number of hydrogen-bond acceptors (Lipinski definition) is 2. The van der Waals surface area contributed by atoms with Crippen LogP contribution < -0.4 is 9.57 Å². The molecule has 0 N–H and O–H groups in total. The summed E-state index contributed by atoms with van der Waals surface area (Å²) in [6.07, 6.45) is -5.19. The molecule has 0 unspecified atom stereocenters. The van der Waals surface area contributed by atoms with Gasteiger partial charge in [0.2, 0.25) is 0 Å². The maximum atomic E-state index is 10.5. The van der Waals surface area contributed by atoms with E-state index in [4.69, 9.17) is 14.3 Å². The van der Waals surface area contributed by atoms with Crippen LogP contribution >= 0.6 is 0 Å². The van der Waals surface area contributed by atoms with Crippen LogP contribution in [0, 0.1) is 0 Å². The number of fused-ring (bicyclic) bond motifs is 2. The summed E-state index contributed by atoms with van der Waals surface area (Å²) in [5.41, 5.74) is 1.85. The molecule has 1 aromatic heterocycles. The molecule has 22 heavy (non-hydrogen) atoms. The molecule has 113 valence electrons. The van der Waals surface area contributed by atoms with Gasteiger partial charge in [-0.15, -0.1) is 0 Å². The molecule has 7 heteroatoms. The van der Waals surface area contributed by atoms with Gasteiger partial charge in [0.1, 0.15) is 5.97 Å². The van der Waals surface area contributed by atoms with Crippen molar-refractivity contribution >= 4 is 48.4 Å². The van der Waals surface area contributed by atoms with Gasteiger partial charge in [-0.25, -0.2) is 0 Å². The van der Waals surface area contributed by atoms with Crippen LogP contribution in [0.3, 0.4) is 0 Å². The van der Waals surface area contributed by atoms with Gasteiger partial charge in [0, 0.05) is 0 Å². The molecule has 0 aliphatic rings. The number of aliphatic carboxylic acids is 1. The first-order valence-electron chi connectivity index (χ1n) is 5.99. The first kappa shape index (κ1) is 16.3. The summed E-state index contributed by atoms with van der Waals surface area (Å²) in [5, 5.41) is 11.1. The van der Waals surface area contributed by atoms with Crippen LogP contribution in [-0.2, 0) is 4.79 Å². The monoisotopic (exact) mass is 373 g/mol. The molecular formula is C15H8F3O3Se. The molecule has 0 atom stereocenters. The third kappa shape index (κ3) is 3.75. The predicted molar refractivity (Wildman–Crippen MR) is 74.6 cm³/mol. The Bertz CT molecular complexity index is 831. The predicted octanol–water partition coefficient (Wildman–Crippen LogP) is 1.96. The second kappa shape index (κ2) is 6.34. The van der Waals surface area contributed by atoms with Crippen LogP contribution in [0.1, 0.15) is 0 Å². The van der Waals surface area contributed by atoms with E-state index in [0.29, 0.717) is 0 Å². The standard InChI is InChI=1S/C13H8OSe.C2HF3O2/c15-13-7-3-6-12-10(13)8-9-4-1-2-5-11(9)14-12;3-2(4,5)1(6)7/h1-8H;(H,6,7)/q+1;/p-1. The van der Waals surface area contributed by atoms with Crippen molar-refractivity contribution in [3.63, 3.8) is 0 Å². The molecule has 1 heterocycles. The van der Waals surface area contributed by atoms with Crippen molar-refractivity contribution < 1.29 is 27.5 Å². The van der Waals surface area contributed by atoms with Crippen LogP contribution in [0.25, 0.3) is 21.9 Å². The zero-order chi connectivity index (χ0) is 16.3. The second-order valence-electron chi connectivity index (χ2n) is 4.24. The average molecular weight is 372 g/mol. The number of alkyl halides is 3. The number of halogens is 3. The van der Waals surface area contributed by atoms with Crippen molar-refractivity contribution in [3.05, 3.63) is 48.5 Å². The van der Waals surface area contributed by atoms with Crippen molar-refractivity contribution in [1.29, 1.82) is 0 Å². The van der Waals surface area contributed by atoms with E-state index >= 15 is 0 Å². The van der Waals surface area contributed by atoms with Crippen molar-refractivity contribution in [2.45, 2.75) is 6.18 Å². The van der Waals surface area contributed by atoms with E-state index < -0.39 is 12.1 Å². The van der Waals surface area contributed by atoms with Gasteiger partial charge in [-0.3, -0.25) is 0 Å². The van der Waals surface area contributed by atoms with Gasteiger partial charge in [0.15, 0.2) is 0 Å². The Balaban J connectivity index is 0.000000217. The van der Waals surface area contributed by atoms with Gasteiger partial charge in [-0.2, -0.15) is 13.2 Å². The van der Waals surface area contributed by atoms with Crippen LogP contribution in [0.15, 0.2) is 52.9 Å². The Labute approximate surface area is 131 Å². The number of hydrogen-bond donors (Lipinski definition) is 0. The van der Waals surface area contributed by atoms with Crippen molar-refractivity contribution in [3.8, 4) is 0 Å². The van der Waals surface area contributed by atoms with E-state index in [0.717, 1.165) is 26.4 Å². The summed E-state index contributed by atoms with van der Waals surface area (Å²) in [5.74, 6) is -3.01. The van der Waals surface area contributed by atoms with Crippen LogP contribution in [0.2, 0.25) is 0 Å². The van der Waals surface area contributed by atoms with Gasteiger partial charge in [0.25, 0.3) is 0 Å². The molecule has 0 saturated carbocycles. The quantitative estimate of drug-likeness (QED) is 0.345. The summed E-state index contributed by atoms with van der Waals surface area (Å²) in [7, 11) is 0. The number of carbonyl (C=O) groups is 1. The molecule has 0 spiro atoms. The fraction of sp³-hybridized carbons (Fsp3) is 0.0667. The molecule has 3 rings (SSSR count). The number of para-hydroxylation sites is 1. The van der Waals surface area contributed by atoms with Gasteiger partial charge >= 0.3 is 102 Å². The van der Waals surface area contributed by atoms with E-state index in [1.54, 1.807) is 0 Å². The SMILES string of the molecule is O=C([O-])C(F)(F)F.[Se]c1cccc2[o+]c3ccccc3cc12. The van der Waals surface area contributed by atoms with Gasteiger partial charge in [0.05, 0.1) is 0 Å². The summed E-state index contributed by atoms with van der Waals surface area (Å²) < 4.78 is 38.5. The first-order valence-corrected chi connectivity index (χ1v) is 6.84. The van der Waals surface area contributed by atoms with E-state index in [9.17, 15) is 13.2 Å². The summed E-state index contributed by atoms with van der Waals surface area (Å²) >= 11 is 3.05. The Hall–Kier alpha value is -2.11. The molecule has 0 aliphatic heterocycles. The van der Waals surface area contributed by atoms with Gasteiger partial charge < -0.3 is 9.90 Å². The van der Waals surface area contributed by atoms with Gasteiger partial charge in [-0.1, -0.05) is 0 Å². The fourth-order valence-corrected chi connectivity index (χ4v) is 2.22.